The number of hydrogen-bond donors (Lipinski definition) is 2. The molecule has 2 N–H and O–H groups in total. The molecule has 4 nitrogen and oxygen atoms in total. The summed E-state index contributed by atoms with van der Waals surface area (Å²) in [6, 6.07) is 20.2. The van der Waals surface area contributed by atoms with Crippen molar-refractivity contribution in [2.45, 2.75) is 31.4 Å². The minimum absolute atomic E-state index is 0.0637. The lowest BCUT2D eigenvalue weighted by atomic mass is 9.82. The molecule has 132 valence electrons. The maximum Gasteiger partial charge on any atom is 0.317 e. The Morgan fingerprint density at radius 3 is 2.32 bits per heavy atom. The van der Waals surface area contributed by atoms with Gasteiger partial charge in [0.05, 0.1) is 12.1 Å². The van der Waals surface area contributed by atoms with Crippen molar-refractivity contribution in [3.05, 3.63) is 71.8 Å². The number of nitrogens with zero attached hydrogens (tertiary/aromatic N) is 1. The van der Waals surface area contributed by atoms with Gasteiger partial charge in [-0.15, -0.1) is 0 Å². The molecule has 4 heteroatoms. The van der Waals surface area contributed by atoms with Crippen molar-refractivity contribution in [1.82, 2.24) is 10.2 Å². The van der Waals surface area contributed by atoms with E-state index in [-0.39, 0.29) is 18.2 Å². The van der Waals surface area contributed by atoms with E-state index in [2.05, 4.69) is 29.6 Å². The standard InChI is InChI=1S/C21H26N2O2/c1-23(15-17-12-19(24)13-17)21(25)22-20(18-10-6-3-7-11-18)14-16-8-4-2-5-9-16/h2-11,17,19-20,24H,12-15H2,1H3,(H,22,25)/t17?,19?,20-/m0/s1. The van der Waals surface area contributed by atoms with Crippen LogP contribution in [0.3, 0.4) is 0 Å². The zero-order valence-corrected chi connectivity index (χ0v) is 14.6. The first kappa shape index (κ1) is 17.5. The fourth-order valence-electron chi connectivity index (χ4n) is 3.37. The van der Waals surface area contributed by atoms with Crippen molar-refractivity contribution < 1.29 is 9.90 Å². The summed E-state index contributed by atoms with van der Waals surface area (Å²) in [5.74, 6) is 0.412. The molecule has 0 radical (unpaired) electrons. The minimum Gasteiger partial charge on any atom is -0.393 e. The average Bonchev–Trinajstić information content (AvgIpc) is 2.61. The fraction of sp³-hybridized carbons (Fsp3) is 0.381. The van der Waals surface area contributed by atoms with E-state index in [1.807, 2.05) is 43.4 Å². The van der Waals surface area contributed by atoms with E-state index < -0.39 is 0 Å². The van der Waals surface area contributed by atoms with Gasteiger partial charge < -0.3 is 15.3 Å². The molecule has 2 amide bonds. The SMILES string of the molecule is CN(CC1CC(O)C1)C(=O)N[C@@H](Cc1ccccc1)c1ccccc1. The first-order valence-corrected chi connectivity index (χ1v) is 8.90. The van der Waals surface area contributed by atoms with Crippen molar-refractivity contribution >= 4 is 6.03 Å². The molecule has 0 unspecified atom stereocenters. The molecule has 1 saturated carbocycles. The molecule has 3 rings (SSSR count). The van der Waals surface area contributed by atoms with Crippen LogP contribution < -0.4 is 5.32 Å². The van der Waals surface area contributed by atoms with Crippen LogP contribution in [0.5, 0.6) is 0 Å². The summed E-state index contributed by atoms with van der Waals surface area (Å²) in [7, 11) is 1.82. The van der Waals surface area contributed by atoms with Crippen LogP contribution in [0.15, 0.2) is 60.7 Å². The van der Waals surface area contributed by atoms with Crippen LogP contribution in [0, 0.1) is 5.92 Å². The molecule has 0 heterocycles. The summed E-state index contributed by atoms with van der Waals surface area (Å²) in [6.45, 7) is 0.690. The largest absolute Gasteiger partial charge is 0.393 e. The quantitative estimate of drug-likeness (QED) is 0.848. The molecule has 0 bridgehead atoms. The van der Waals surface area contributed by atoms with Crippen molar-refractivity contribution in [2.24, 2.45) is 5.92 Å². The van der Waals surface area contributed by atoms with Crippen molar-refractivity contribution in [2.75, 3.05) is 13.6 Å². The van der Waals surface area contributed by atoms with E-state index in [1.54, 1.807) is 4.90 Å². The monoisotopic (exact) mass is 338 g/mol. The summed E-state index contributed by atoms with van der Waals surface area (Å²) < 4.78 is 0. The number of aliphatic hydroxyl groups is 1. The summed E-state index contributed by atoms with van der Waals surface area (Å²) >= 11 is 0. The van der Waals surface area contributed by atoms with Crippen LogP contribution in [-0.4, -0.2) is 35.7 Å². The van der Waals surface area contributed by atoms with Gasteiger partial charge in [0.25, 0.3) is 0 Å². The summed E-state index contributed by atoms with van der Waals surface area (Å²) in [4.78, 5) is 14.4. The number of benzene rings is 2. The van der Waals surface area contributed by atoms with E-state index in [0.29, 0.717) is 12.5 Å². The third-order valence-corrected chi connectivity index (χ3v) is 4.87. The van der Waals surface area contributed by atoms with E-state index >= 15 is 0 Å². The Balaban J connectivity index is 1.65. The predicted molar refractivity (Wildman–Crippen MR) is 99.2 cm³/mol. The van der Waals surface area contributed by atoms with Gasteiger partial charge >= 0.3 is 6.03 Å². The highest BCUT2D eigenvalue weighted by atomic mass is 16.3. The highest BCUT2D eigenvalue weighted by molar-refractivity contribution is 5.74. The second kappa shape index (κ2) is 8.17. The topological polar surface area (TPSA) is 52.6 Å². The van der Waals surface area contributed by atoms with E-state index in [4.69, 9.17) is 0 Å². The van der Waals surface area contributed by atoms with Gasteiger partial charge in [-0.3, -0.25) is 0 Å². The number of rotatable bonds is 6. The zero-order chi connectivity index (χ0) is 17.6. The van der Waals surface area contributed by atoms with Gasteiger partial charge in [-0.05, 0) is 36.3 Å². The molecule has 1 fully saturated rings. The number of aliphatic hydroxyl groups excluding tert-OH is 1. The van der Waals surface area contributed by atoms with Crippen LogP contribution in [-0.2, 0) is 6.42 Å². The maximum atomic E-state index is 12.6. The Labute approximate surface area is 149 Å². The fourth-order valence-corrected chi connectivity index (χ4v) is 3.37. The molecule has 0 aliphatic heterocycles. The number of carbonyl (C=O) groups excluding carboxylic acids is 1. The van der Waals surface area contributed by atoms with Gasteiger partial charge in [-0.1, -0.05) is 60.7 Å². The summed E-state index contributed by atoms with van der Waals surface area (Å²) in [5, 5.41) is 12.6. The third kappa shape index (κ3) is 4.83. The number of urea groups is 1. The molecule has 0 saturated heterocycles. The molecule has 25 heavy (non-hydrogen) atoms. The summed E-state index contributed by atoms with van der Waals surface area (Å²) in [6.07, 6.45) is 2.16. The smallest absolute Gasteiger partial charge is 0.317 e. The predicted octanol–water partition coefficient (Wildman–Crippen LogP) is 3.38. The lowest BCUT2D eigenvalue weighted by molar-refractivity contribution is 0.0323. The third-order valence-electron chi connectivity index (χ3n) is 4.87. The Hall–Kier alpha value is -2.33. The number of carbonyl (C=O) groups is 1. The first-order chi connectivity index (χ1) is 12.1. The molecule has 0 spiro atoms. The highest BCUT2D eigenvalue weighted by Crippen LogP contribution is 2.27. The van der Waals surface area contributed by atoms with Crippen LogP contribution >= 0.6 is 0 Å². The minimum atomic E-state index is -0.184. The number of amides is 2. The van der Waals surface area contributed by atoms with Gasteiger partial charge in [0, 0.05) is 13.6 Å². The Morgan fingerprint density at radius 2 is 1.72 bits per heavy atom. The molecule has 2 aromatic rings. The molecule has 0 aromatic heterocycles. The molecule has 1 aliphatic carbocycles. The Morgan fingerprint density at radius 1 is 1.12 bits per heavy atom. The van der Waals surface area contributed by atoms with Gasteiger partial charge in [0.1, 0.15) is 0 Å². The molecule has 2 aromatic carbocycles. The molecular formula is C21H26N2O2. The van der Waals surface area contributed by atoms with Gasteiger partial charge in [0.2, 0.25) is 0 Å². The van der Waals surface area contributed by atoms with Gasteiger partial charge in [-0.2, -0.15) is 0 Å². The Bertz CT molecular complexity index is 669. The van der Waals surface area contributed by atoms with E-state index in [9.17, 15) is 9.90 Å². The zero-order valence-electron chi connectivity index (χ0n) is 14.6. The first-order valence-electron chi connectivity index (χ1n) is 8.90. The molecule has 1 aliphatic rings. The maximum absolute atomic E-state index is 12.6. The van der Waals surface area contributed by atoms with E-state index in [1.165, 1.54) is 5.56 Å². The average molecular weight is 338 g/mol. The highest BCUT2D eigenvalue weighted by Gasteiger charge is 2.29. The van der Waals surface area contributed by atoms with Crippen molar-refractivity contribution in [1.29, 1.82) is 0 Å². The van der Waals surface area contributed by atoms with Crippen LogP contribution in [0.4, 0.5) is 4.79 Å². The second-order valence-corrected chi connectivity index (χ2v) is 6.97. The lowest BCUT2D eigenvalue weighted by Gasteiger charge is -2.35. The molecular weight excluding hydrogens is 312 g/mol. The van der Waals surface area contributed by atoms with Gasteiger partial charge in [-0.25, -0.2) is 4.79 Å². The van der Waals surface area contributed by atoms with E-state index in [0.717, 1.165) is 24.8 Å². The normalized spacial score (nSPS) is 20.4. The van der Waals surface area contributed by atoms with Gasteiger partial charge in [0.15, 0.2) is 0 Å². The molecule has 1 atom stereocenters. The van der Waals surface area contributed by atoms with Crippen LogP contribution in [0.25, 0.3) is 0 Å². The second-order valence-electron chi connectivity index (χ2n) is 6.97. The lowest BCUT2D eigenvalue weighted by Crippen LogP contribution is -2.45. The number of hydrogen-bond acceptors (Lipinski definition) is 2. The van der Waals surface area contributed by atoms with Crippen molar-refractivity contribution in [3.63, 3.8) is 0 Å². The summed E-state index contributed by atoms with van der Waals surface area (Å²) in [5.41, 5.74) is 2.30. The number of nitrogens with one attached hydrogen (secondary N) is 1. The van der Waals surface area contributed by atoms with Crippen molar-refractivity contribution in [3.8, 4) is 0 Å². The van der Waals surface area contributed by atoms with Crippen LogP contribution in [0.2, 0.25) is 0 Å². The van der Waals surface area contributed by atoms with Crippen LogP contribution in [0.1, 0.15) is 30.0 Å². The Kier molecular flexibility index (Phi) is 5.71.